The maximum atomic E-state index is 11.4. The lowest BCUT2D eigenvalue weighted by molar-refractivity contribution is 0.0601. The van der Waals surface area contributed by atoms with E-state index in [1.54, 1.807) is 0 Å². The Morgan fingerprint density at radius 3 is 2.24 bits per heavy atom. The number of carbonyl (C=O) groups is 1. The van der Waals surface area contributed by atoms with Gasteiger partial charge in [-0.25, -0.2) is 4.79 Å². The first-order chi connectivity index (χ1) is 10.3. The van der Waals surface area contributed by atoms with Gasteiger partial charge in [0.25, 0.3) is 0 Å². The van der Waals surface area contributed by atoms with Crippen LogP contribution in [-0.2, 0) is 4.74 Å². The van der Waals surface area contributed by atoms with E-state index in [2.05, 4.69) is 9.80 Å². The molecule has 2 fully saturated rings. The van der Waals surface area contributed by atoms with Crippen molar-refractivity contribution in [2.24, 2.45) is 0 Å². The first kappa shape index (κ1) is 14.4. The molecule has 1 aromatic rings. The van der Waals surface area contributed by atoms with Crippen LogP contribution in [0.5, 0.6) is 0 Å². The summed E-state index contributed by atoms with van der Waals surface area (Å²) in [6, 6.07) is 8.58. The molecule has 0 N–H and O–H groups in total. The van der Waals surface area contributed by atoms with Crippen LogP contribution in [0.3, 0.4) is 0 Å². The third kappa shape index (κ3) is 3.21. The highest BCUT2D eigenvalue weighted by atomic mass is 16.5. The van der Waals surface area contributed by atoms with Gasteiger partial charge < -0.3 is 9.64 Å². The zero-order chi connectivity index (χ0) is 14.7. The van der Waals surface area contributed by atoms with Crippen molar-refractivity contribution in [3.63, 3.8) is 0 Å². The Labute approximate surface area is 126 Å². The molecule has 0 aromatic heterocycles. The van der Waals surface area contributed by atoms with Gasteiger partial charge in [0.05, 0.1) is 12.7 Å². The van der Waals surface area contributed by atoms with Gasteiger partial charge in [-0.15, -0.1) is 0 Å². The van der Waals surface area contributed by atoms with Gasteiger partial charge in [0, 0.05) is 37.9 Å². The fourth-order valence-corrected chi connectivity index (χ4v) is 3.54. The minimum Gasteiger partial charge on any atom is -0.465 e. The molecule has 4 nitrogen and oxygen atoms in total. The summed E-state index contributed by atoms with van der Waals surface area (Å²) in [6.45, 7) is 4.47. The van der Waals surface area contributed by atoms with Crippen LogP contribution in [0, 0.1) is 0 Å². The SMILES string of the molecule is COC(=O)c1ccc(N2CCN(C3CCCC3)CC2)cc1. The van der Waals surface area contributed by atoms with E-state index in [4.69, 9.17) is 4.74 Å². The summed E-state index contributed by atoms with van der Waals surface area (Å²) >= 11 is 0. The number of hydrogen-bond acceptors (Lipinski definition) is 4. The molecule has 114 valence electrons. The van der Waals surface area contributed by atoms with Gasteiger partial charge in [-0.3, -0.25) is 4.90 Å². The van der Waals surface area contributed by atoms with E-state index in [1.807, 2.05) is 24.3 Å². The van der Waals surface area contributed by atoms with Crippen molar-refractivity contribution in [1.29, 1.82) is 0 Å². The second-order valence-electron chi connectivity index (χ2n) is 6.00. The smallest absolute Gasteiger partial charge is 0.337 e. The molecule has 1 heterocycles. The van der Waals surface area contributed by atoms with Gasteiger partial charge in [-0.05, 0) is 37.1 Å². The summed E-state index contributed by atoms with van der Waals surface area (Å²) in [4.78, 5) is 16.5. The summed E-state index contributed by atoms with van der Waals surface area (Å²) < 4.78 is 4.73. The van der Waals surface area contributed by atoms with E-state index in [0.29, 0.717) is 5.56 Å². The maximum Gasteiger partial charge on any atom is 0.337 e. The highest BCUT2D eigenvalue weighted by molar-refractivity contribution is 5.89. The summed E-state index contributed by atoms with van der Waals surface area (Å²) in [5.41, 5.74) is 1.82. The molecule has 1 saturated heterocycles. The van der Waals surface area contributed by atoms with Crippen LogP contribution in [0.2, 0.25) is 0 Å². The summed E-state index contributed by atoms with van der Waals surface area (Å²) in [6.07, 6.45) is 5.57. The molecule has 4 heteroatoms. The molecule has 1 aliphatic heterocycles. The number of esters is 1. The first-order valence-corrected chi connectivity index (χ1v) is 7.95. The molecule has 0 spiro atoms. The number of carbonyl (C=O) groups excluding carboxylic acids is 1. The quantitative estimate of drug-likeness (QED) is 0.800. The van der Waals surface area contributed by atoms with Crippen molar-refractivity contribution < 1.29 is 9.53 Å². The molecule has 0 atom stereocenters. The first-order valence-electron chi connectivity index (χ1n) is 7.95. The van der Waals surface area contributed by atoms with Gasteiger partial charge in [-0.2, -0.15) is 0 Å². The van der Waals surface area contributed by atoms with Crippen LogP contribution in [0.1, 0.15) is 36.0 Å². The Morgan fingerprint density at radius 1 is 1.05 bits per heavy atom. The molecule has 1 saturated carbocycles. The van der Waals surface area contributed by atoms with Crippen molar-refractivity contribution in [3.8, 4) is 0 Å². The summed E-state index contributed by atoms with van der Waals surface area (Å²) in [7, 11) is 1.42. The van der Waals surface area contributed by atoms with Crippen LogP contribution in [0.25, 0.3) is 0 Å². The number of benzene rings is 1. The predicted octanol–water partition coefficient (Wildman–Crippen LogP) is 2.54. The number of piperazine rings is 1. The number of nitrogens with zero attached hydrogens (tertiary/aromatic N) is 2. The molecule has 1 aliphatic carbocycles. The number of methoxy groups -OCH3 is 1. The second kappa shape index (κ2) is 6.48. The molecule has 0 amide bonds. The van der Waals surface area contributed by atoms with E-state index in [1.165, 1.54) is 38.5 Å². The number of hydrogen-bond donors (Lipinski definition) is 0. The zero-order valence-electron chi connectivity index (χ0n) is 12.8. The van der Waals surface area contributed by atoms with Gasteiger partial charge >= 0.3 is 5.97 Å². The molecule has 2 aliphatic rings. The van der Waals surface area contributed by atoms with E-state index in [0.717, 1.165) is 32.2 Å². The Kier molecular flexibility index (Phi) is 4.44. The lowest BCUT2D eigenvalue weighted by Gasteiger charge is -2.39. The fraction of sp³-hybridized carbons (Fsp3) is 0.588. The van der Waals surface area contributed by atoms with Crippen molar-refractivity contribution in [3.05, 3.63) is 29.8 Å². The molecule has 0 bridgehead atoms. The van der Waals surface area contributed by atoms with E-state index in [-0.39, 0.29) is 5.97 Å². The van der Waals surface area contributed by atoms with Crippen molar-refractivity contribution in [2.45, 2.75) is 31.7 Å². The van der Waals surface area contributed by atoms with Crippen LogP contribution in [-0.4, -0.2) is 50.2 Å². The monoisotopic (exact) mass is 288 g/mol. The second-order valence-corrected chi connectivity index (χ2v) is 6.00. The van der Waals surface area contributed by atoms with Crippen LogP contribution < -0.4 is 4.90 Å². The predicted molar refractivity (Wildman–Crippen MR) is 83.8 cm³/mol. The highest BCUT2D eigenvalue weighted by Gasteiger charge is 2.26. The number of anilines is 1. The number of rotatable bonds is 3. The molecule has 0 unspecified atom stereocenters. The van der Waals surface area contributed by atoms with Gasteiger partial charge in [0.15, 0.2) is 0 Å². The Morgan fingerprint density at radius 2 is 1.67 bits per heavy atom. The minimum absolute atomic E-state index is 0.271. The highest BCUT2D eigenvalue weighted by Crippen LogP contribution is 2.25. The zero-order valence-corrected chi connectivity index (χ0v) is 12.8. The van der Waals surface area contributed by atoms with Gasteiger partial charge in [0.1, 0.15) is 0 Å². The lowest BCUT2D eigenvalue weighted by Crippen LogP contribution is -2.49. The van der Waals surface area contributed by atoms with Crippen molar-refractivity contribution in [2.75, 3.05) is 38.2 Å². The molecule has 3 rings (SSSR count). The normalized spacial score (nSPS) is 20.7. The molecule has 0 radical (unpaired) electrons. The Bertz CT molecular complexity index is 472. The van der Waals surface area contributed by atoms with E-state index < -0.39 is 0 Å². The molecular formula is C17H24N2O2. The average molecular weight is 288 g/mol. The molecule has 1 aromatic carbocycles. The summed E-state index contributed by atoms with van der Waals surface area (Å²) in [5.74, 6) is -0.271. The van der Waals surface area contributed by atoms with Gasteiger partial charge in [-0.1, -0.05) is 12.8 Å². The third-order valence-corrected chi connectivity index (χ3v) is 4.81. The number of ether oxygens (including phenoxy) is 1. The lowest BCUT2D eigenvalue weighted by atomic mass is 10.1. The third-order valence-electron chi connectivity index (χ3n) is 4.81. The summed E-state index contributed by atoms with van der Waals surface area (Å²) in [5, 5.41) is 0. The van der Waals surface area contributed by atoms with Crippen LogP contribution in [0.15, 0.2) is 24.3 Å². The van der Waals surface area contributed by atoms with E-state index >= 15 is 0 Å². The standard InChI is InChI=1S/C17H24N2O2/c1-21-17(20)14-6-8-16(9-7-14)19-12-10-18(11-13-19)15-4-2-3-5-15/h6-9,15H,2-5,10-13H2,1H3. The fourth-order valence-electron chi connectivity index (χ4n) is 3.54. The van der Waals surface area contributed by atoms with Gasteiger partial charge in [0.2, 0.25) is 0 Å². The van der Waals surface area contributed by atoms with Crippen LogP contribution >= 0.6 is 0 Å². The van der Waals surface area contributed by atoms with Crippen LogP contribution in [0.4, 0.5) is 5.69 Å². The van der Waals surface area contributed by atoms with Crippen molar-refractivity contribution in [1.82, 2.24) is 4.90 Å². The Hall–Kier alpha value is -1.55. The molecule has 21 heavy (non-hydrogen) atoms. The van der Waals surface area contributed by atoms with Crippen molar-refractivity contribution >= 4 is 11.7 Å². The topological polar surface area (TPSA) is 32.8 Å². The maximum absolute atomic E-state index is 11.4. The van der Waals surface area contributed by atoms with E-state index in [9.17, 15) is 4.79 Å². The average Bonchev–Trinajstić information content (AvgIpc) is 3.09. The Balaban J connectivity index is 1.57. The molecular weight excluding hydrogens is 264 g/mol. The largest absolute Gasteiger partial charge is 0.465 e. The minimum atomic E-state index is -0.271.